The van der Waals surface area contributed by atoms with Crippen LogP contribution in [-0.2, 0) is 4.79 Å². The van der Waals surface area contributed by atoms with E-state index in [-0.39, 0.29) is 11.8 Å². The van der Waals surface area contributed by atoms with E-state index in [0.29, 0.717) is 0 Å². The maximum atomic E-state index is 11.1. The Morgan fingerprint density at radius 2 is 2.07 bits per heavy atom. The first-order valence-electron chi connectivity index (χ1n) is 5.27. The van der Waals surface area contributed by atoms with E-state index in [1.807, 2.05) is 30.3 Å². The molecule has 0 bridgehead atoms. The first kappa shape index (κ1) is 10.2. The van der Waals surface area contributed by atoms with Gasteiger partial charge in [0.15, 0.2) is 0 Å². The number of carboxylic acid groups (broad SMARTS) is 1. The van der Waals surface area contributed by atoms with Crippen molar-refractivity contribution < 1.29 is 9.90 Å². The largest absolute Gasteiger partial charge is 0.481 e. The zero-order valence-electron chi connectivity index (χ0n) is 8.52. The van der Waals surface area contributed by atoms with Crippen LogP contribution in [0.5, 0.6) is 0 Å². The van der Waals surface area contributed by atoms with Crippen molar-refractivity contribution in [3.8, 4) is 0 Å². The second-order valence-corrected chi connectivity index (χ2v) is 3.95. The molecule has 3 nitrogen and oxygen atoms in total. The van der Waals surface area contributed by atoms with Crippen molar-refractivity contribution in [2.24, 2.45) is 5.92 Å². The third kappa shape index (κ3) is 2.18. The molecule has 2 atom stereocenters. The molecule has 1 fully saturated rings. The Morgan fingerprint density at radius 1 is 1.33 bits per heavy atom. The third-order valence-electron chi connectivity index (χ3n) is 3.03. The molecule has 0 amide bonds. The average molecular weight is 205 g/mol. The van der Waals surface area contributed by atoms with Gasteiger partial charge in [-0.05, 0) is 18.5 Å². The Hall–Kier alpha value is -1.35. The molecule has 2 rings (SSSR count). The topological polar surface area (TPSA) is 49.3 Å². The van der Waals surface area contributed by atoms with Gasteiger partial charge in [0.25, 0.3) is 0 Å². The molecule has 0 spiro atoms. The van der Waals surface area contributed by atoms with E-state index in [1.54, 1.807) is 0 Å². The monoisotopic (exact) mass is 205 g/mol. The van der Waals surface area contributed by atoms with Gasteiger partial charge in [0.2, 0.25) is 0 Å². The molecule has 0 aliphatic carbocycles. The lowest BCUT2D eigenvalue weighted by molar-refractivity contribution is -0.143. The lowest BCUT2D eigenvalue weighted by Gasteiger charge is -2.29. The van der Waals surface area contributed by atoms with Gasteiger partial charge < -0.3 is 10.4 Å². The molecule has 0 aromatic heterocycles. The van der Waals surface area contributed by atoms with Crippen LogP contribution < -0.4 is 5.32 Å². The summed E-state index contributed by atoms with van der Waals surface area (Å²) in [6.45, 7) is 1.57. The molecule has 2 N–H and O–H groups in total. The summed E-state index contributed by atoms with van der Waals surface area (Å²) in [5.41, 5.74) is 1.12. The summed E-state index contributed by atoms with van der Waals surface area (Å²) in [7, 11) is 0. The van der Waals surface area contributed by atoms with Crippen molar-refractivity contribution in [2.75, 3.05) is 13.1 Å². The maximum Gasteiger partial charge on any atom is 0.307 e. The van der Waals surface area contributed by atoms with Crippen LogP contribution in [0.3, 0.4) is 0 Å². The molecule has 1 aliphatic rings. The SMILES string of the molecule is O=C(O)[C@@H]1CCNC[C@H]1c1ccccc1. The van der Waals surface area contributed by atoms with Gasteiger partial charge in [-0.3, -0.25) is 4.79 Å². The summed E-state index contributed by atoms with van der Waals surface area (Å²) in [4.78, 5) is 11.1. The number of hydrogen-bond acceptors (Lipinski definition) is 2. The van der Waals surface area contributed by atoms with Crippen molar-refractivity contribution in [3.63, 3.8) is 0 Å². The first-order chi connectivity index (χ1) is 7.29. The quantitative estimate of drug-likeness (QED) is 0.768. The van der Waals surface area contributed by atoms with Gasteiger partial charge in [-0.25, -0.2) is 0 Å². The summed E-state index contributed by atoms with van der Waals surface area (Å²) in [6, 6.07) is 9.89. The van der Waals surface area contributed by atoms with Crippen molar-refractivity contribution in [2.45, 2.75) is 12.3 Å². The Labute approximate surface area is 89.1 Å². The van der Waals surface area contributed by atoms with Crippen LogP contribution in [0, 0.1) is 5.92 Å². The van der Waals surface area contributed by atoms with Crippen LogP contribution in [-0.4, -0.2) is 24.2 Å². The Balaban J connectivity index is 2.22. The Kier molecular flexibility index (Phi) is 3.02. The van der Waals surface area contributed by atoms with E-state index in [9.17, 15) is 4.79 Å². The lowest BCUT2D eigenvalue weighted by Crippen LogP contribution is -2.38. The highest BCUT2D eigenvalue weighted by Gasteiger charge is 2.31. The fourth-order valence-electron chi connectivity index (χ4n) is 2.20. The highest BCUT2D eigenvalue weighted by molar-refractivity contribution is 5.71. The minimum atomic E-state index is -0.676. The van der Waals surface area contributed by atoms with E-state index >= 15 is 0 Å². The van der Waals surface area contributed by atoms with E-state index in [4.69, 9.17) is 5.11 Å². The third-order valence-corrected chi connectivity index (χ3v) is 3.03. The number of carbonyl (C=O) groups is 1. The van der Waals surface area contributed by atoms with Crippen molar-refractivity contribution in [1.82, 2.24) is 5.32 Å². The molecule has 1 aliphatic heterocycles. The molecule has 0 unspecified atom stereocenters. The molecule has 0 saturated carbocycles. The van der Waals surface area contributed by atoms with Crippen molar-refractivity contribution in [3.05, 3.63) is 35.9 Å². The molecular weight excluding hydrogens is 190 g/mol. The molecule has 15 heavy (non-hydrogen) atoms. The predicted molar refractivity (Wildman–Crippen MR) is 57.8 cm³/mol. The highest BCUT2D eigenvalue weighted by atomic mass is 16.4. The van der Waals surface area contributed by atoms with Gasteiger partial charge in [-0.2, -0.15) is 0 Å². The normalized spacial score (nSPS) is 26.1. The molecule has 0 radical (unpaired) electrons. The van der Waals surface area contributed by atoms with Crippen LogP contribution in [0.1, 0.15) is 17.9 Å². The number of rotatable bonds is 2. The van der Waals surface area contributed by atoms with Gasteiger partial charge >= 0.3 is 5.97 Å². The zero-order chi connectivity index (χ0) is 10.7. The lowest BCUT2D eigenvalue weighted by atomic mass is 9.81. The van der Waals surface area contributed by atoms with Gasteiger partial charge in [0.1, 0.15) is 0 Å². The van der Waals surface area contributed by atoms with Gasteiger partial charge in [0, 0.05) is 12.5 Å². The summed E-state index contributed by atoms with van der Waals surface area (Å²) < 4.78 is 0. The fraction of sp³-hybridized carbons (Fsp3) is 0.417. The smallest absolute Gasteiger partial charge is 0.307 e. The number of hydrogen-bond donors (Lipinski definition) is 2. The number of aliphatic carboxylic acids is 1. The molecule has 80 valence electrons. The Bertz CT molecular complexity index is 337. The molecule has 3 heteroatoms. The second-order valence-electron chi connectivity index (χ2n) is 3.95. The summed E-state index contributed by atoms with van der Waals surface area (Å²) >= 11 is 0. The summed E-state index contributed by atoms with van der Waals surface area (Å²) in [5, 5.41) is 12.4. The maximum absolute atomic E-state index is 11.1. The Morgan fingerprint density at radius 3 is 2.73 bits per heavy atom. The summed E-state index contributed by atoms with van der Waals surface area (Å²) in [6.07, 6.45) is 0.717. The average Bonchev–Trinajstić information content (AvgIpc) is 2.30. The van der Waals surface area contributed by atoms with E-state index in [2.05, 4.69) is 5.32 Å². The fourth-order valence-corrected chi connectivity index (χ4v) is 2.20. The number of nitrogens with one attached hydrogen (secondary N) is 1. The van der Waals surface area contributed by atoms with E-state index in [1.165, 1.54) is 0 Å². The molecular formula is C12H15NO2. The first-order valence-corrected chi connectivity index (χ1v) is 5.27. The van der Waals surface area contributed by atoms with Crippen LogP contribution in [0.2, 0.25) is 0 Å². The van der Waals surface area contributed by atoms with Gasteiger partial charge in [0.05, 0.1) is 5.92 Å². The van der Waals surface area contributed by atoms with Gasteiger partial charge in [-0.15, -0.1) is 0 Å². The minimum Gasteiger partial charge on any atom is -0.481 e. The zero-order valence-corrected chi connectivity index (χ0v) is 8.52. The molecule has 1 aromatic rings. The molecule has 1 aromatic carbocycles. The van der Waals surface area contributed by atoms with E-state index in [0.717, 1.165) is 25.1 Å². The van der Waals surface area contributed by atoms with Crippen LogP contribution in [0.4, 0.5) is 0 Å². The van der Waals surface area contributed by atoms with Crippen molar-refractivity contribution in [1.29, 1.82) is 0 Å². The number of carboxylic acids is 1. The highest BCUT2D eigenvalue weighted by Crippen LogP contribution is 2.29. The van der Waals surface area contributed by atoms with Crippen molar-refractivity contribution >= 4 is 5.97 Å². The molecule has 1 saturated heterocycles. The second kappa shape index (κ2) is 4.45. The van der Waals surface area contributed by atoms with E-state index < -0.39 is 5.97 Å². The standard InChI is InChI=1S/C12H15NO2/c14-12(15)10-6-7-13-8-11(10)9-4-2-1-3-5-9/h1-5,10-11,13H,6-8H2,(H,14,15)/t10-,11+/m1/s1. The van der Waals surface area contributed by atoms with Crippen LogP contribution in [0.15, 0.2) is 30.3 Å². The predicted octanol–water partition coefficient (Wildman–Crippen LogP) is 1.46. The van der Waals surface area contributed by atoms with Gasteiger partial charge in [-0.1, -0.05) is 30.3 Å². The minimum absolute atomic E-state index is 0.109. The number of benzene rings is 1. The number of piperidine rings is 1. The summed E-state index contributed by atoms with van der Waals surface area (Å²) in [5.74, 6) is -0.809. The van der Waals surface area contributed by atoms with Crippen LogP contribution >= 0.6 is 0 Å². The molecule has 1 heterocycles. The van der Waals surface area contributed by atoms with Crippen LogP contribution in [0.25, 0.3) is 0 Å².